The first-order chi connectivity index (χ1) is 19.8. The van der Waals surface area contributed by atoms with E-state index in [1.807, 2.05) is 36.4 Å². The summed E-state index contributed by atoms with van der Waals surface area (Å²) in [6, 6.07) is 18.8. The predicted octanol–water partition coefficient (Wildman–Crippen LogP) is 6.04. The molecular weight excluding hydrogens is 565 g/mol. The fraction of sp³-hybridized carbons (Fsp3) is 0.300. The molecule has 5 rings (SSSR count). The summed E-state index contributed by atoms with van der Waals surface area (Å²) in [5.41, 5.74) is 8.19. The minimum Gasteiger partial charge on any atom is -0.493 e. The van der Waals surface area contributed by atoms with Gasteiger partial charge in [-0.2, -0.15) is 4.98 Å². The zero-order chi connectivity index (χ0) is 29.0. The van der Waals surface area contributed by atoms with Gasteiger partial charge in [0.2, 0.25) is 5.95 Å². The van der Waals surface area contributed by atoms with Gasteiger partial charge in [0.25, 0.3) is 0 Å². The van der Waals surface area contributed by atoms with E-state index in [0.717, 1.165) is 11.1 Å². The average Bonchev–Trinajstić information content (AvgIpc) is 2.98. The van der Waals surface area contributed by atoms with E-state index in [9.17, 15) is 4.79 Å². The number of alkyl carbamates (subject to hydrolysis) is 1. The molecule has 9 nitrogen and oxygen atoms in total. The van der Waals surface area contributed by atoms with E-state index in [0.29, 0.717) is 76.6 Å². The number of nitrogens with one attached hydrogen (secondary N) is 1. The van der Waals surface area contributed by atoms with E-state index in [-0.39, 0.29) is 6.54 Å². The molecule has 0 spiro atoms. The van der Waals surface area contributed by atoms with Crippen molar-refractivity contribution in [2.45, 2.75) is 31.4 Å². The van der Waals surface area contributed by atoms with Crippen LogP contribution in [0.25, 0.3) is 10.9 Å². The van der Waals surface area contributed by atoms with E-state index in [2.05, 4.69) is 15.2 Å². The number of nitrogens with zero attached hydrogens (tertiary/aromatic N) is 3. The van der Waals surface area contributed by atoms with Crippen LogP contribution in [0.5, 0.6) is 11.5 Å². The summed E-state index contributed by atoms with van der Waals surface area (Å²) in [6.45, 7) is 1.41. The number of aromatic nitrogens is 2. The second-order valence-electron chi connectivity index (χ2n) is 9.96. The highest BCUT2D eigenvalue weighted by atomic mass is 35.5. The molecule has 0 atom stereocenters. The van der Waals surface area contributed by atoms with Gasteiger partial charge < -0.3 is 30.2 Å². The van der Waals surface area contributed by atoms with Crippen LogP contribution in [0.3, 0.4) is 0 Å². The Hall–Kier alpha value is -3.95. The molecule has 0 saturated carbocycles. The van der Waals surface area contributed by atoms with E-state index >= 15 is 0 Å². The van der Waals surface area contributed by atoms with Crippen molar-refractivity contribution >= 4 is 52.0 Å². The maximum Gasteiger partial charge on any atom is 0.407 e. The fourth-order valence-electron chi connectivity index (χ4n) is 5.06. The summed E-state index contributed by atoms with van der Waals surface area (Å²) in [7, 11) is 3.15. The van der Waals surface area contributed by atoms with Crippen molar-refractivity contribution < 1.29 is 19.0 Å². The Morgan fingerprint density at radius 1 is 0.951 bits per heavy atom. The van der Waals surface area contributed by atoms with Crippen LogP contribution >= 0.6 is 23.2 Å². The molecule has 2 heterocycles. The van der Waals surface area contributed by atoms with Crippen LogP contribution in [0.1, 0.15) is 24.0 Å². The number of hydrogen-bond acceptors (Lipinski definition) is 8. The van der Waals surface area contributed by atoms with Gasteiger partial charge in [-0.25, -0.2) is 9.78 Å². The largest absolute Gasteiger partial charge is 0.493 e. The summed E-state index contributed by atoms with van der Waals surface area (Å²) in [6.07, 6.45) is 1.25. The zero-order valence-electron chi connectivity index (χ0n) is 22.8. The number of piperidine rings is 1. The first-order valence-electron chi connectivity index (χ1n) is 13.2. The van der Waals surface area contributed by atoms with Crippen LogP contribution in [-0.4, -0.2) is 49.0 Å². The summed E-state index contributed by atoms with van der Waals surface area (Å²) in [5, 5.41) is 4.43. The number of ether oxygens (including phenoxy) is 3. The van der Waals surface area contributed by atoms with Crippen molar-refractivity contribution in [2.75, 3.05) is 37.9 Å². The van der Waals surface area contributed by atoms with Crippen LogP contribution in [0.4, 0.5) is 16.6 Å². The van der Waals surface area contributed by atoms with Crippen LogP contribution in [-0.2, 0) is 17.7 Å². The molecule has 0 unspecified atom stereocenters. The standard InChI is InChI=1S/C30H31Cl2N5O4/c1-39-25-15-21-24(16-26(25)40-2)35-28(36-27(21)33)37-12-10-30(11-13-37,17-19-6-4-3-5-7-19)41-29(38)34-18-20-8-9-22(31)23(32)14-20/h3-9,14-16H,10-13,17-18H2,1-2H3,(H,34,38)(H2,33,35,36). The number of methoxy groups -OCH3 is 2. The van der Waals surface area contributed by atoms with Gasteiger partial charge in [-0.3, -0.25) is 0 Å². The monoisotopic (exact) mass is 595 g/mol. The van der Waals surface area contributed by atoms with Gasteiger partial charge in [0.1, 0.15) is 11.4 Å². The van der Waals surface area contributed by atoms with Crippen molar-refractivity contribution in [1.29, 1.82) is 0 Å². The van der Waals surface area contributed by atoms with Crippen molar-refractivity contribution in [3.8, 4) is 11.5 Å². The molecule has 41 heavy (non-hydrogen) atoms. The van der Waals surface area contributed by atoms with Gasteiger partial charge in [-0.05, 0) is 29.3 Å². The first kappa shape index (κ1) is 28.6. The number of benzene rings is 3. The molecular formula is C30H31Cl2N5O4. The van der Waals surface area contributed by atoms with Crippen LogP contribution in [0.2, 0.25) is 10.0 Å². The Kier molecular flexibility index (Phi) is 8.56. The van der Waals surface area contributed by atoms with Crippen molar-refractivity contribution in [2.24, 2.45) is 0 Å². The maximum absolute atomic E-state index is 13.0. The van der Waals surface area contributed by atoms with E-state index in [1.165, 1.54) is 0 Å². The van der Waals surface area contributed by atoms with Crippen LogP contribution in [0.15, 0.2) is 60.7 Å². The molecule has 3 N–H and O–H groups in total. The lowest BCUT2D eigenvalue weighted by Crippen LogP contribution is -2.50. The molecule has 1 amide bonds. The van der Waals surface area contributed by atoms with Gasteiger partial charge in [-0.15, -0.1) is 0 Å². The van der Waals surface area contributed by atoms with Gasteiger partial charge >= 0.3 is 6.09 Å². The molecule has 1 saturated heterocycles. The maximum atomic E-state index is 13.0. The lowest BCUT2D eigenvalue weighted by Gasteiger charge is -2.41. The highest BCUT2D eigenvalue weighted by molar-refractivity contribution is 6.42. The number of amides is 1. The number of fused-ring (bicyclic) bond motifs is 1. The smallest absolute Gasteiger partial charge is 0.407 e. The minimum absolute atomic E-state index is 0.266. The van der Waals surface area contributed by atoms with Gasteiger partial charge in [0, 0.05) is 50.3 Å². The third-order valence-corrected chi connectivity index (χ3v) is 8.01. The topological polar surface area (TPSA) is 112 Å². The fourth-order valence-corrected chi connectivity index (χ4v) is 5.38. The molecule has 3 aromatic carbocycles. The van der Waals surface area contributed by atoms with E-state index in [4.69, 9.17) is 48.1 Å². The van der Waals surface area contributed by atoms with Gasteiger partial charge in [0.15, 0.2) is 11.5 Å². The second-order valence-corrected chi connectivity index (χ2v) is 10.8. The van der Waals surface area contributed by atoms with E-state index < -0.39 is 11.7 Å². The number of carbonyl (C=O) groups excluding carboxylic acids is 1. The van der Waals surface area contributed by atoms with Crippen LogP contribution < -0.4 is 25.4 Å². The van der Waals surface area contributed by atoms with Gasteiger partial charge in [0.05, 0.1) is 29.8 Å². The van der Waals surface area contributed by atoms with Gasteiger partial charge in [-0.1, -0.05) is 59.6 Å². The summed E-state index contributed by atoms with van der Waals surface area (Å²) in [4.78, 5) is 24.4. The quantitative estimate of drug-likeness (QED) is 0.253. The molecule has 1 aliphatic heterocycles. The highest BCUT2D eigenvalue weighted by Crippen LogP contribution is 2.36. The average molecular weight is 597 g/mol. The molecule has 0 bridgehead atoms. The van der Waals surface area contributed by atoms with Crippen molar-refractivity contribution in [3.05, 3.63) is 81.8 Å². The number of nitrogens with two attached hydrogens (primary N) is 1. The van der Waals surface area contributed by atoms with Crippen molar-refractivity contribution in [3.63, 3.8) is 0 Å². The van der Waals surface area contributed by atoms with Crippen molar-refractivity contribution in [1.82, 2.24) is 15.3 Å². The third-order valence-electron chi connectivity index (χ3n) is 7.28. The number of rotatable bonds is 8. The molecule has 0 aliphatic carbocycles. The number of nitrogen functional groups attached to an aromatic ring is 1. The highest BCUT2D eigenvalue weighted by Gasteiger charge is 2.39. The summed E-state index contributed by atoms with van der Waals surface area (Å²) in [5.74, 6) is 1.98. The normalized spacial score (nSPS) is 14.5. The van der Waals surface area contributed by atoms with E-state index in [1.54, 1.807) is 38.5 Å². The first-order valence-corrected chi connectivity index (χ1v) is 13.9. The summed E-state index contributed by atoms with van der Waals surface area (Å²) >= 11 is 12.1. The lowest BCUT2D eigenvalue weighted by atomic mass is 9.85. The Balaban J connectivity index is 1.33. The Morgan fingerprint density at radius 3 is 2.34 bits per heavy atom. The summed E-state index contributed by atoms with van der Waals surface area (Å²) < 4.78 is 17.0. The molecule has 1 aromatic heterocycles. The third kappa shape index (κ3) is 6.52. The lowest BCUT2D eigenvalue weighted by molar-refractivity contribution is -0.00745. The Bertz CT molecular complexity index is 1550. The molecule has 0 radical (unpaired) electrons. The van der Waals surface area contributed by atoms with Crippen LogP contribution in [0, 0.1) is 0 Å². The zero-order valence-corrected chi connectivity index (χ0v) is 24.3. The molecule has 214 valence electrons. The minimum atomic E-state index is -0.710. The molecule has 11 heteroatoms. The number of anilines is 2. The number of carbonyl (C=O) groups is 1. The SMILES string of the molecule is COc1cc2nc(N3CCC(Cc4ccccc4)(OC(=O)NCc4ccc(Cl)c(Cl)c4)CC3)nc(N)c2cc1OC. The Labute approximate surface area is 248 Å². The number of halogens is 2. The molecule has 1 fully saturated rings. The number of hydrogen-bond donors (Lipinski definition) is 2. The molecule has 4 aromatic rings. The Morgan fingerprint density at radius 2 is 1.66 bits per heavy atom. The molecule has 1 aliphatic rings. The predicted molar refractivity (Wildman–Crippen MR) is 161 cm³/mol. The second kappa shape index (κ2) is 12.3.